The van der Waals surface area contributed by atoms with E-state index in [0.717, 1.165) is 16.0 Å². The number of nitrogens with one attached hydrogen (secondary N) is 1. The van der Waals surface area contributed by atoms with Crippen molar-refractivity contribution in [2.75, 3.05) is 12.0 Å². The van der Waals surface area contributed by atoms with Crippen molar-refractivity contribution in [3.63, 3.8) is 0 Å². The Labute approximate surface area is 191 Å². The molecule has 4 amide bonds. The maximum atomic E-state index is 13.1. The van der Waals surface area contributed by atoms with E-state index < -0.39 is 17.8 Å². The highest BCUT2D eigenvalue weighted by Crippen LogP contribution is 2.30. The van der Waals surface area contributed by atoms with Gasteiger partial charge in [-0.2, -0.15) is 0 Å². The second-order valence-corrected chi connectivity index (χ2v) is 7.48. The lowest BCUT2D eigenvalue weighted by Gasteiger charge is -2.26. The Morgan fingerprint density at radius 3 is 2.42 bits per heavy atom. The van der Waals surface area contributed by atoms with Crippen LogP contribution < -0.4 is 19.7 Å². The van der Waals surface area contributed by atoms with Crippen LogP contribution in [0, 0.1) is 6.92 Å². The summed E-state index contributed by atoms with van der Waals surface area (Å²) in [6, 6.07) is 21.0. The van der Waals surface area contributed by atoms with Crippen LogP contribution in [0.3, 0.4) is 0 Å². The molecule has 1 fully saturated rings. The second-order valence-electron chi connectivity index (χ2n) is 7.48. The van der Waals surface area contributed by atoms with E-state index in [4.69, 9.17) is 9.47 Å². The Morgan fingerprint density at radius 2 is 1.70 bits per heavy atom. The maximum absolute atomic E-state index is 13.1. The average Bonchev–Trinajstić information content (AvgIpc) is 2.81. The van der Waals surface area contributed by atoms with Crippen LogP contribution in [0.1, 0.15) is 16.7 Å². The zero-order chi connectivity index (χ0) is 23.4. The number of nitrogens with zero attached hydrogens (tertiary/aromatic N) is 1. The number of benzene rings is 3. The van der Waals surface area contributed by atoms with Crippen LogP contribution in [0.5, 0.6) is 11.5 Å². The van der Waals surface area contributed by atoms with E-state index in [9.17, 15) is 14.4 Å². The number of aryl methyl sites for hydroxylation is 1. The molecule has 7 nitrogen and oxygen atoms in total. The number of carbonyl (C=O) groups excluding carboxylic acids is 3. The number of amides is 4. The number of imide groups is 2. The van der Waals surface area contributed by atoms with Crippen LogP contribution in [-0.4, -0.2) is 25.0 Å². The first-order valence-corrected chi connectivity index (χ1v) is 10.3. The summed E-state index contributed by atoms with van der Waals surface area (Å²) in [5.74, 6) is -0.468. The van der Waals surface area contributed by atoms with Gasteiger partial charge in [0, 0.05) is 0 Å². The summed E-state index contributed by atoms with van der Waals surface area (Å²) in [4.78, 5) is 38.8. The third-order valence-corrected chi connectivity index (χ3v) is 5.10. The fourth-order valence-electron chi connectivity index (χ4n) is 3.45. The fraction of sp³-hybridized carbons (Fsp3) is 0.115. The first kappa shape index (κ1) is 21.8. The number of urea groups is 1. The van der Waals surface area contributed by atoms with Gasteiger partial charge in [-0.3, -0.25) is 14.9 Å². The van der Waals surface area contributed by atoms with Gasteiger partial charge in [-0.25, -0.2) is 9.69 Å². The molecule has 0 atom stereocenters. The highest BCUT2D eigenvalue weighted by molar-refractivity contribution is 6.39. The normalized spacial score (nSPS) is 14.9. The lowest BCUT2D eigenvalue weighted by molar-refractivity contribution is -0.122. The Balaban J connectivity index is 1.60. The van der Waals surface area contributed by atoms with Crippen molar-refractivity contribution >= 4 is 29.6 Å². The standard InChI is InChI=1S/C26H22N2O5/c1-17-7-6-10-20(13-17)28-25(30)21(24(29)27-26(28)31)14-19-11-12-22(23(15-19)32-2)33-16-18-8-4-3-5-9-18/h3-15H,16H2,1-2H3,(H,27,29,31)/b21-14+. The van der Waals surface area contributed by atoms with Gasteiger partial charge < -0.3 is 9.47 Å². The van der Waals surface area contributed by atoms with Crippen LogP contribution in [0.4, 0.5) is 10.5 Å². The molecule has 0 bridgehead atoms. The van der Waals surface area contributed by atoms with Crippen LogP contribution in [0.25, 0.3) is 6.08 Å². The molecular formula is C26H22N2O5. The van der Waals surface area contributed by atoms with Gasteiger partial charge in [-0.1, -0.05) is 48.5 Å². The Morgan fingerprint density at radius 1 is 0.909 bits per heavy atom. The van der Waals surface area contributed by atoms with Gasteiger partial charge in [0.05, 0.1) is 12.8 Å². The summed E-state index contributed by atoms with van der Waals surface area (Å²) in [6.07, 6.45) is 1.43. The molecule has 1 saturated heterocycles. The first-order valence-electron chi connectivity index (χ1n) is 10.3. The van der Waals surface area contributed by atoms with Crippen LogP contribution >= 0.6 is 0 Å². The number of hydrogen-bond acceptors (Lipinski definition) is 5. The molecule has 0 aromatic heterocycles. The van der Waals surface area contributed by atoms with Gasteiger partial charge in [0.2, 0.25) is 0 Å². The van der Waals surface area contributed by atoms with E-state index in [0.29, 0.717) is 29.4 Å². The van der Waals surface area contributed by atoms with Gasteiger partial charge in [0.1, 0.15) is 12.2 Å². The van der Waals surface area contributed by atoms with Crippen LogP contribution in [0.2, 0.25) is 0 Å². The molecule has 0 aliphatic carbocycles. The minimum absolute atomic E-state index is 0.156. The minimum atomic E-state index is -0.782. The van der Waals surface area contributed by atoms with Crippen molar-refractivity contribution < 1.29 is 23.9 Å². The van der Waals surface area contributed by atoms with Crippen LogP contribution in [-0.2, 0) is 16.2 Å². The molecule has 1 N–H and O–H groups in total. The molecule has 0 unspecified atom stereocenters. The molecule has 0 spiro atoms. The first-order chi connectivity index (χ1) is 16.0. The fourth-order valence-corrected chi connectivity index (χ4v) is 3.45. The molecular weight excluding hydrogens is 420 g/mol. The third-order valence-electron chi connectivity index (χ3n) is 5.10. The molecule has 1 aliphatic rings. The van der Waals surface area contributed by atoms with Crippen molar-refractivity contribution in [3.05, 3.63) is 95.1 Å². The van der Waals surface area contributed by atoms with Gasteiger partial charge in [0.15, 0.2) is 11.5 Å². The van der Waals surface area contributed by atoms with Crippen molar-refractivity contribution in [1.29, 1.82) is 0 Å². The summed E-state index contributed by atoms with van der Waals surface area (Å²) in [7, 11) is 1.51. The summed E-state index contributed by atoms with van der Waals surface area (Å²) in [5, 5.41) is 2.23. The van der Waals surface area contributed by atoms with E-state index >= 15 is 0 Å². The van der Waals surface area contributed by atoms with Crippen molar-refractivity contribution in [2.45, 2.75) is 13.5 Å². The summed E-state index contributed by atoms with van der Waals surface area (Å²) >= 11 is 0. The molecule has 0 radical (unpaired) electrons. The molecule has 0 saturated carbocycles. The summed E-state index contributed by atoms with van der Waals surface area (Å²) in [6.45, 7) is 2.22. The predicted molar refractivity (Wildman–Crippen MR) is 124 cm³/mol. The van der Waals surface area contributed by atoms with E-state index in [-0.39, 0.29) is 5.57 Å². The monoisotopic (exact) mass is 442 g/mol. The Kier molecular flexibility index (Phi) is 6.22. The van der Waals surface area contributed by atoms with E-state index in [1.807, 2.05) is 43.3 Å². The second kappa shape index (κ2) is 9.40. The smallest absolute Gasteiger partial charge is 0.335 e. The number of methoxy groups -OCH3 is 1. The largest absolute Gasteiger partial charge is 0.493 e. The highest BCUT2D eigenvalue weighted by Gasteiger charge is 2.36. The van der Waals surface area contributed by atoms with E-state index in [1.165, 1.54) is 13.2 Å². The number of rotatable bonds is 6. The molecule has 1 aliphatic heterocycles. The summed E-state index contributed by atoms with van der Waals surface area (Å²) in [5.41, 5.74) is 2.67. The summed E-state index contributed by atoms with van der Waals surface area (Å²) < 4.78 is 11.3. The van der Waals surface area contributed by atoms with E-state index in [1.54, 1.807) is 36.4 Å². The minimum Gasteiger partial charge on any atom is -0.493 e. The third kappa shape index (κ3) is 4.77. The average molecular weight is 442 g/mol. The van der Waals surface area contributed by atoms with Crippen LogP contribution in [0.15, 0.2) is 78.4 Å². The molecule has 3 aromatic carbocycles. The zero-order valence-electron chi connectivity index (χ0n) is 18.2. The molecule has 3 aromatic rings. The lowest BCUT2D eigenvalue weighted by atomic mass is 10.1. The van der Waals surface area contributed by atoms with Crippen molar-refractivity contribution in [1.82, 2.24) is 5.32 Å². The maximum Gasteiger partial charge on any atom is 0.335 e. The van der Waals surface area contributed by atoms with Crippen molar-refractivity contribution in [3.8, 4) is 11.5 Å². The van der Waals surface area contributed by atoms with Gasteiger partial charge >= 0.3 is 6.03 Å². The Bertz CT molecular complexity index is 1250. The number of carbonyl (C=O) groups is 3. The zero-order valence-corrected chi connectivity index (χ0v) is 18.2. The van der Waals surface area contributed by atoms with Crippen molar-refractivity contribution in [2.24, 2.45) is 0 Å². The predicted octanol–water partition coefficient (Wildman–Crippen LogP) is 4.25. The Hall–Kier alpha value is -4.39. The molecule has 7 heteroatoms. The molecule has 4 rings (SSSR count). The van der Waals surface area contributed by atoms with Gasteiger partial charge in [-0.15, -0.1) is 0 Å². The quantitative estimate of drug-likeness (QED) is 0.456. The number of anilines is 1. The lowest BCUT2D eigenvalue weighted by Crippen LogP contribution is -2.54. The molecule has 166 valence electrons. The van der Waals surface area contributed by atoms with Gasteiger partial charge in [0.25, 0.3) is 11.8 Å². The van der Waals surface area contributed by atoms with Gasteiger partial charge in [-0.05, 0) is 54.0 Å². The number of hydrogen-bond donors (Lipinski definition) is 1. The molecule has 1 heterocycles. The SMILES string of the molecule is COc1cc(/C=C2\C(=O)NC(=O)N(c3cccc(C)c3)C2=O)ccc1OCc1ccccc1. The van der Waals surface area contributed by atoms with E-state index in [2.05, 4.69) is 5.32 Å². The molecule has 33 heavy (non-hydrogen) atoms. The highest BCUT2D eigenvalue weighted by atomic mass is 16.5. The topological polar surface area (TPSA) is 84.9 Å². The number of barbiturate groups is 1. The number of ether oxygens (including phenoxy) is 2.